The number of nitrogens with two attached hydrogens (primary N) is 1. The molecule has 2 saturated carbocycles. The molecule has 2 aliphatic carbocycles. The van der Waals surface area contributed by atoms with Gasteiger partial charge < -0.3 is 20.5 Å². The van der Waals surface area contributed by atoms with Crippen molar-refractivity contribution < 1.29 is 27.4 Å². The number of amides is 1. The second-order valence-corrected chi connectivity index (χ2v) is 7.46. The van der Waals surface area contributed by atoms with Gasteiger partial charge in [0.05, 0.1) is 7.11 Å². The summed E-state index contributed by atoms with van der Waals surface area (Å²) in [5, 5.41) is 2.81. The Kier molecular flexibility index (Phi) is 7.45. The Morgan fingerprint density at radius 1 is 1.21 bits per heavy atom. The average molecular weight is 423 g/mol. The van der Waals surface area contributed by atoms with Crippen molar-refractivity contribution in [3.8, 4) is 11.5 Å². The molecule has 1 amide bonds. The van der Waals surface area contributed by atoms with Gasteiger partial charge in [0.2, 0.25) is 5.91 Å². The molecular formula is C19H26ClF3N2O3. The zero-order valence-corrected chi connectivity index (χ0v) is 16.4. The first-order chi connectivity index (χ1) is 12.8. The summed E-state index contributed by atoms with van der Waals surface area (Å²) < 4.78 is 47.1. The van der Waals surface area contributed by atoms with Crippen molar-refractivity contribution in [2.75, 3.05) is 19.0 Å². The van der Waals surface area contributed by atoms with Crippen LogP contribution >= 0.6 is 12.4 Å². The van der Waals surface area contributed by atoms with Crippen LogP contribution in [0.2, 0.25) is 0 Å². The molecule has 2 atom stereocenters. The Hall–Kier alpha value is -1.67. The lowest BCUT2D eigenvalue weighted by Crippen LogP contribution is -2.48. The Morgan fingerprint density at radius 2 is 1.86 bits per heavy atom. The van der Waals surface area contributed by atoms with Crippen LogP contribution in [0.3, 0.4) is 0 Å². The van der Waals surface area contributed by atoms with Gasteiger partial charge in [-0.3, -0.25) is 4.79 Å². The fraction of sp³-hybridized carbons (Fsp3) is 0.632. The maximum absolute atomic E-state index is 12.7. The fourth-order valence-corrected chi connectivity index (χ4v) is 4.27. The maximum Gasteiger partial charge on any atom is 0.422 e. The van der Waals surface area contributed by atoms with Crippen LogP contribution in [0, 0.1) is 17.8 Å². The molecule has 2 aliphatic rings. The van der Waals surface area contributed by atoms with E-state index in [0.717, 1.165) is 32.1 Å². The standard InChI is InChI=1S/C19H25F3N2O3.ClH/c1-26-15-6-5-14(9-16(15)27-10-19(20,21)22)24-18(25)13-7-11-3-2-4-12(8-13)17(11)23;/h5-6,9,11-13,17H,2-4,7-8,10,23H2,1H3,(H,24,25);1H. The zero-order valence-electron chi connectivity index (χ0n) is 15.6. The van der Waals surface area contributed by atoms with Gasteiger partial charge in [-0.05, 0) is 49.7 Å². The van der Waals surface area contributed by atoms with E-state index in [1.54, 1.807) is 6.07 Å². The van der Waals surface area contributed by atoms with Crippen molar-refractivity contribution >= 4 is 24.0 Å². The molecule has 2 unspecified atom stereocenters. The minimum atomic E-state index is -4.46. The lowest BCUT2D eigenvalue weighted by atomic mass is 9.65. The van der Waals surface area contributed by atoms with Gasteiger partial charge in [-0.2, -0.15) is 13.2 Å². The van der Waals surface area contributed by atoms with Gasteiger partial charge in [-0.15, -0.1) is 12.4 Å². The van der Waals surface area contributed by atoms with E-state index < -0.39 is 12.8 Å². The van der Waals surface area contributed by atoms with Crippen LogP contribution in [0.1, 0.15) is 32.1 Å². The number of nitrogens with one attached hydrogen (secondary N) is 1. The smallest absolute Gasteiger partial charge is 0.422 e. The number of ether oxygens (including phenoxy) is 2. The first kappa shape index (κ1) is 22.6. The SMILES string of the molecule is COc1ccc(NC(=O)C2CC3CCCC(C2)C3N)cc1OCC(F)(F)F.Cl. The molecule has 0 aromatic heterocycles. The van der Waals surface area contributed by atoms with E-state index in [-0.39, 0.29) is 41.8 Å². The van der Waals surface area contributed by atoms with Crippen molar-refractivity contribution in [1.82, 2.24) is 0 Å². The van der Waals surface area contributed by atoms with Crippen molar-refractivity contribution in [1.29, 1.82) is 0 Å². The maximum atomic E-state index is 12.7. The average Bonchev–Trinajstić information content (AvgIpc) is 2.59. The van der Waals surface area contributed by atoms with Crippen molar-refractivity contribution in [3.63, 3.8) is 0 Å². The van der Waals surface area contributed by atoms with Crippen molar-refractivity contribution in [3.05, 3.63) is 18.2 Å². The lowest BCUT2D eigenvalue weighted by molar-refractivity contribution is -0.153. The second kappa shape index (κ2) is 9.22. The van der Waals surface area contributed by atoms with E-state index in [9.17, 15) is 18.0 Å². The van der Waals surface area contributed by atoms with Gasteiger partial charge in [0.15, 0.2) is 18.1 Å². The third kappa shape index (κ3) is 5.44. The monoisotopic (exact) mass is 422 g/mol. The van der Waals surface area contributed by atoms with Gasteiger partial charge in [0.1, 0.15) is 0 Å². The molecule has 2 fully saturated rings. The number of fused-ring (bicyclic) bond motifs is 2. The van der Waals surface area contributed by atoms with E-state index >= 15 is 0 Å². The Morgan fingerprint density at radius 3 is 2.43 bits per heavy atom. The summed E-state index contributed by atoms with van der Waals surface area (Å²) in [4.78, 5) is 12.7. The molecule has 0 aliphatic heterocycles. The summed E-state index contributed by atoms with van der Waals surface area (Å²) in [6.45, 7) is -1.43. The summed E-state index contributed by atoms with van der Waals surface area (Å²) in [6, 6.07) is 4.60. The van der Waals surface area contributed by atoms with Crippen LogP contribution in [0.15, 0.2) is 18.2 Å². The molecule has 0 radical (unpaired) electrons. The van der Waals surface area contributed by atoms with Crippen LogP contribution in [0.4, 0.5) is 18.9 Å². The summed E-state index contributed by atoms with van der Waals surface area (Å²) in [6.07, 6.45) is 0.339. The molecule has 158 valence electrons. The van der Waals surface area contributed by atoms with Gasteiger partial charge in [-0.25, -0.2) is 0 Å². The molecule has 1 aromatic rings. The quantitative estimate of drug-likeness (QED) is 0.747. The molecule has 9 heteroatoms. The molecule has 3 N–H and O–H groups in total. The van der Waals surface area contributed by atoms with E-state index in [1.165, 1.54) is 19.2 Å². The number of benzene rings is 1. The molecule has 2 bridgehead atoms. The predicted octanol–water partition coefficient (Wildman–Crippen LogP) is 4.15. The van der Waals surface area contributed by atoms with Gasteiger partial charge in [0.25, 0.3) is 0 Å². The number of rotatable bonds is 5. The van der Waals surface area contributed by atoms with E-state index in [0.29, 0.717) is 17.5 Å². The second-order valence-electron chi connectivity index (χ2n) is 7.46. The number of hydrogen-bond donors (Lipinski definition) is 2. The first-order valence-corrected chi connectivity index (χ1v) is 9.21. The van der Waals surface area contributed by atoms with Crippen LogP contribution in [-0.4, -0.2) is 31.8 Å². The molecule has 28 heavy (non-hydrogen) atoms. The fourth-order valence-electron chi connectivity index (χ4n) is 4.27. The Labute approximate surface area is 168 Å². The van der Waals surface area contributed by atoms with E-state index in [2.05, 4.69) is 5.32 Å². The largest absolute Gasteiger partial charge is 0.493 e. The molecule has 3 rings (SSSR count). The summed E-state index contributed by atoms with van der Waals surface area (Å²) >= 11 is 0. The minimum Gasteiger partial charge on any atom is -0.493 e. The summed E-state index contributed by atoms with van der Waals surface area (Å²) in [7, 11) is 1.35. The van der Waals surface area contributed by atoms with Crippen LogP contribution < -0.4 is 20.5 Å². The van der Waals surface area contributed by atoms with Crippen LogP contribution in [0.5, 0.6) is 11.5 Å². The van der Waals surface area contributed by atoms with E-state index in [4.69, 9.17) is 15.2 Å². The number of hydrogen-bond acceptors (Lipinski definition) is 4. The van der Waals surface area contributed by atoms with Gasteiger partial charge >= 0.3 is 6.18 Å². The first-order valence-electron chi connectivity index (χ1n) is 9.21. The number of carbonyl (C=O) groups is 1. The normalized spacial score (nSPS) is 26.8. The Bertz CT molecular complexity index is 673. The summed E-state index contributed by atoms with van der Waals surface area (Å²) in [5.41, 5.74) is 6.65. The zero-order chi connectivity index (χ0) is 19.6. The molecular weight excluding hydrogens is 397 g/mol. The molecule has 5 nitrogen and oxygen atoms in total. The number of methoxy groups -OCH3 is 1. The summed E-state index contributed by atoms with van der Waals surface area (Å²) in [5.74, 6) is 0.614. The lowest BCUT2D eigenvalue weighted by Gasteiger charge is -2.43. The van der Waals surface area contributed by atoms with Crippen molar-refractivity contribution in [2.24, 2.45) is 23.5 Å². The number of alkyl halides is 3. The van der Waals surface area contributed by atoms with E-state index in [1.807, 2.05) is 0 Å². The molecule has 0 heterocycles. The Balaban J connectivity index is 0.00000280. The molecule has 0 saturated heterocycles. The topological polar surface area (TPSA) is 73.6 Å². The van der Waals surface area contributed by atoms with Crippen LogP contribution in [0.25, 0.3) is 0 Å². The number of halogens is 4. The van der Waals surface area contributed by atoms with Crippen molar-refractivity contribution in [2.45, 2.75) is 44.3 Å². The highest BCUT2D eigenvalue weighted by atomic mass is 35.5. The number of anilines is 1. The number of carbonyl (C=O) groups excluding carboxylic acids is 1. The highest BCUT2D eigenvalue weighted by molar-refractivity contribution is 5.93. The van der Waals surface area contributed by atoms with Crippen LogP contribution in [-0.2, 0) is 4.79 Å². The third-order valence-corrected chi connectivity index (χ3v) is 5.61. The predicted molar refractivity (Wildman–Crippen MR) is 102 cm³/mol. The molecule has 0 spiro atoms. The molecule has 1 aromatic carbocycles. The third-order valence-electron chi connectivity index (χ3n) is 5.61. The highest BCUT2D eigenvalue weighted by Gasteiger charge is 2.40. The highest BCUT2D eigenvalue weighted by Crippen LogP contribution is 2.42. The van der Waals surface area contributed by atoms with Gasteiger partial charge in [0, 0.05) is 23.7 Å². The minimum absolute atomic E-state index is 0. The van der Waals surface area contributed by atoms with Gasteiger partial charge in [-0.1, -0.05) is 6.42 Å².